The Balaban J connectivity index is 2.53. The Kier molecular flexibility index (Phi) is 5.93. The highest BCUT2D eigenvalue weighted by Gasteiger charge is 2.00. The van der Waals surface area contributed by atoms with Crippen LogP contribution in [0.5, 0.6) is 5.75 Å². The first-order valence-corrected chi connectivity index (χ1v) is 6.47. The molecule has 0 radical (unpaired) electrons. The van der Waals surface area contributed by atoms with E-state index in [4.69, 9.17) is 4.74 Å². The molecule has 1 aromatic rings. The molecule has 1 N–H and O–H groups in total. The minimum absolute atomic E-state index is 0.0642. The predicted octanol–water partition coefficient (Wildman–Crippen LogP) is 3.20. The summed E-state index contributed by atoms with van der Waals surface area (Å²) in [5, 5.41) is 3.06. The van der Waals surface area contributed by atoms with Gasteiger partial charge in [-0.3, -0.25) is 4.79 Å². The monoisotopic (exact) mass is 285 g/mol. The van der Waals surface area contributed by atoms with Crippen molar-refractivity contribution in [2.24, 2.45) is 0 Å². The van der Waals surface area contributed by atoms with E-state index in [-0.39, 0.29) is 5.91 Å². The zero-order chi connectivity index (χ0) is 11.8. The van der Waals surface area contributed by atoms with Gasteiger partial charge in [-0.2, -0.15) is 0 Å². The van der Waals surface area contributed by atoms with E-state index in [1.165, 1.54) is 0 Å². The molecule has 0 saturated heterocycles. The van der Waals surface area contributed by atoms with Gasteiger partial charge in [-0.1, -0.05) is 35.3 Å². The number of benzene rings is 1. The molecule has 3 nitrogen and oxygen atoms in total. The second kappa shape index (κ2) is 7.28. The second-order valence-electron chi connectivity index (χ2n) is 3.41. The molecule has 88 valence electrons. The molecule has 0 heterocycles. The highest BCUT2D eigenvalue weighted by Crippen LogP contribution is 2.17. The Morgan fingerprint density at radius 3 is 3.00 bits per heavy atom. The summed E-state index contributed by atoms with van der Waals surface area (Å²) in [4.78, 5) is 11.2. The largest absolute Gasteiger partial charge is 0.494 e. The van der Waals surface area contributed by atoms with Crippen molar-refractivity contribution in [3.05, 3.63) is 24.3 Å². The van der Waals surface area contributed by atoms with Crippen molar-refractivity contribution in [2.45, 2.75) is 19.8 Å². The average Bonchev–Trinajstić information content (AvgIpc) is 2.30. The molecule has 0 aliphatic rings. The van der Waals surface area contributed by atoms with Crippen LogP contribution in [-0.4, -0.2) is 17.8 Å². The summed E-state index contributed by atoms with van der Waals surface area (Å²) in [5.41, 5.74) is 0.762. The maximum Gasteiger partial charge on any atom is 0.235 e. The topological polar surface area (TPSA) is 38.3 Å². The zero-order valence-corrected chi connectivity index (χ0v) is 10.9. The minimum atomic E-state index is -0.0642. The van der Waals surface area contributed by atoms with E-state index in [1.807, 2.05) is 24.3 Å². The van der Waals surface area contributed by atoms with Crippen LogP contribution in [0.2, 0.25) is 0 Å². The van der Waals surface area contributed by atoms with Crippen LogP contribution in [0.1, 0.15) is 19.8 Å². The number of anilines is 1. The SMILES string of the molecule is CCCCOc1cccc(NC(=O)CBr)c1. The molecule has 0 spiro atoms. The summed E-state index contributed by atoms with van der Waals surface area (Å²) in [6.45, 7) is 2.84. The molecule has 1 aromatic carbocycles. The molecule has 4 heteroatoms. The molecule has 0 bridgehead atoms. The van der Waals surface area contributed by atoms with Crippen molar-refractivity contribution < 1.29 is 9.53 Å². The number of ether oxygens (including phenoxy) is 1. The van der Waals surface area contributed by atoms with E-state index in [2.05, 4.69) is 28.2 Å². The van der Waals surface area contributed by atoms with Gasteiger partial charge in [0.25, 0.3) is 0 Å². The molecule has 0 unspecified atom stereocenters. The lowest BCUT2D eigenvalue weighted by molar-refractivity contribution is -0.113. The van der Waals surface area contributed by atoms with E-state index in [0.29, 0.717) is 11.9 Å². The van der Waals surface area contributed by atoms with Crippen LogP contribution in [-0.2, 0) is 4.79 Å². The molecule has 0 aliphatic carbocycles. The van der Waals surface area contributed by atoms with Crippen LogP contribution in [0.3, 0.4) is 0 Å². The van der Waals surface area contributed by atoms with E-state index >= 15 is 0 Å². The number of hydrogen-bond acceptors (Lipinski definition) is 2. The third-order valence-corrected chi connectivity index (χ3v) is 2.52. The summed E-state index contributed by atoms with van der Waals surface area (Å²) in [6, 6.07) is 7.42. The Hall–Kier alpha value is -1.03. The molecule has 1 amide bonds. The molecular formula is C12H16BrNO2. The van der Waals surface area contributed by atoms with Crippen LogP contribution >= 0.6 is 15.9 Å². The Labute approximate surface area is 104 Å². The van der Waals surface area contributed by atoms with E-state index in [9.17, 15) is 4.79 Å². The number of halogens is 1. The number of carbonyl (C=O) groups is 1. The first-order chi connectivity index (χ1) is 7.76. The normalized spacial score (nSPS) is 9.88. The van der Waals surface area contributed by atoms with Gasteiger partial charge in [0.05, 0.1) is 11.9 Å². The van der Waals surface area contributed by atoms with Crippen LogP contribution < -0.4 is 10.1 Å². The first-order valence-electron chi connectivity index (χ1n) is 5.35. The Bertz CT molecular complexity index is 342. The number of carbonyl (C=O) groups excluding carboxylic acids is 1. The number of nitrogens with one attached hydrogen (secondary N) is 1. The van der Waals surface area contributed by atoms with Crippen molar-refractivity contribution in [3.8, 4) is 5.75 Å². The number of amides is 1. The molecular weight excluding hydrogens is 270 g/mol. The fraction of sp³-hybridized carbons (Fsp3) is 0.417. The summed E-state index contributed by atoms with van der Waals surface area (Å²) in [5.74, 6) is 0.728. The lowest BCUT2D eigenvalue weighted by Crippen LogP contribution is -2.12. The lowest BCUT2D eigenvalue weighted by atomic mass is 10.3. The lowest BCUT2D eigenvalue weighted by Gasteiger charge is -2.08. The summed E-state index contributed by atoms with van der Waals surface area (Å²) in [7, 11) is 0. The average molecular weight is 286 g/mol. The number of alkyl halides is 1. The smallest absolute Gasteiger partial charge is 0.235 e. The van der Waals surface area contributed by atoms with Gasteiger partial charge in [0, 0.05) is 11.8 Å². The van der Waals surface area contributed by atoms with Crippen LogP contribution in [0, 0.1) is 0 Å². The maximum absolute atomic E-state index is 11.2. The second-order valence-corrected chi connectivity index (χ2v) is 3.97. The van der Waals surface area contributed by atoms with Gasteiger partial charge in [-0.05, 0) is 18.6 Å². The summed E-state index contributed by atoms with van der Waals surface area (Å²) >= 11 is 3.10. The van der Waals surface area contributed by atoms with Crippen LogP contribution in [0.15, 0.2) is 24.3 Å². The number of rotatable bonds is 6. The van der Waals surface area contributed by atoms with Gasteiger partial charge in [-0.15, -0.1) is 0 Å². The molecule has 0 aliphatic heterocycles. The molecule has 1 rings (SSSR count). The molecule has 0 saturated carbocycles. The van der Waals surface area contributed by atoms with Gasteiger partial charge >= 0.3 is 0 Å². The predicted molar refractivity (Wildman–Crippen MR) is 69.3 cm³/mol. The highest BCUT2D eigenvalue weighted by molar-refractivity contribution is 9.09. The van der Waals surface area contributed by atoms with Crippen molar-refractivity contribution >= 4 is 27.5 Å². The zero-order valence-electron chi connectivity index (χ0n) is 9.33. The van der Waals surface area contributed by atoms with Gasteiger partial charge in [0.1, 0.15) is 5.75 Å². The minimum Gasteiger partial charge on any atom is -0.494 e. The van der Waals surface area contributed by atoms with Crippen LogP contribution in [0.4, 0.5) is 5.69 Å². The Morgan fingerprint density at radius 2 is 2.31 bits per heavy atom. The van der Waals surface area contributed by atoms with Gasteiger partial charge in [-0.25, -0.2) is 0 Å². The van der Waals surface area contributed by atoms with Crippen molar-refractivity contribution in [1.29, 1.82) is 0 Å². The van der Waals surface area contributed by atoms with E-state index in [0.717, 1.165) is 24.3 Å². The highest BCUT2D eigenvalue weighted by atomic mass is 79.9. The van der Waals surface area contributed by atoms with Gasteiger partial charge in [0.15, 0.2) is 0 Å². The van der Waals surface area contributed by atoms with Crippen LogP contribution in [0.25, 0.3) is 0 Å². The van der Waals surface area contributed by atoms with Crippen molar-refractivity contribution in [1.82, 2.24) is 0 Å². The maximum atomic E-state index is 11.2. The molecule has 0 atom stereocenters. The van der Waals surface area contributed by atoms with Gasteiger partial charge < -0.3 is 10.1 Å². The standard InChI is InChI=1S/C12H16BrNO2/c1-2-3-7-16-11-6-4-5-10(8-11)14-12(15)9-13/h4-6,8H,2-3,7,9H2,1H3,(H,14,15). The van der Waals surface area contributed by atoms with E-state index in [1.54, 1.807) is 0 Å². The molecule has 0 aromatic heterocycles. The first kappa shape index (κ1) is 13.0. The molecule has 0 fully saturated rings. The summed E-state index contributed by atoms with van der Waals surface area (Å²) in [6.07, 6.45) is 2.15. The Morgan fingerprint density at radius 1 is 1.50 bits per heavy atom. The van der Waals surface area contributed by atoms with Crippen molar-refractivity contribution in [2.75, 3.05) is 17.3 Å². The van der Waals surface area contributed by atoms with E-state index < -0.39 is 0 Å². The fourth-order valence-electron chi connectivity index (χ4n) is 1.19. The quantitative estimate of drug-likeness (QED) is 0.644. The number of hydrogen-bond donors (Lipinski definition) is 1. The van der Waals surface area contributed by atoms with Crippen molar-refractivity contribution in [3.63, 3.8) is 0 Å². The molecule has 16 heavy (non-hydrogen) atoms. The van der Waals surface area contributed by atoms with Gasteiger partial charge in [0.2, 0.25) is 5.91 Å². The summed E-state index contributed by atoms with van der Waals surface area (Å²) < 4.78 is 5.54. The third-order valence-electron chi connectivity index (χ3n) is 2.01. The number of unbranched alkanes of at least 4 members (excludes halogenated alkanes) is 1. The third kappa shape index (κ3) is 4.66. The fourth-order valence-corrected chi connectivity index (χ4v) is 1.33.